The number of fused-ring (bicyclic) bond motifs is 1. The number of aromatic nitrogens is 2. The highest BCUT2D eigenvalue weighted by molar-refractivity contribution is 7.90. The van der Waals surface area contributed by atoms with Crippen molar-refractivity contribution < 1.29 is 18.3 Å². The molecular weight excluding hydrogens is 432 g/mol. The number of sulfonamides is 1. The zero-order valence-corrected chi connectivity index (χ0v) is 20.3. The van der Waals surface area contributed by atoms with E-state index in [9.17, 15) is 18.3 Å². The molecular formula is C22H30N4O5S. The smallest absolute Gasteiger partial charge is 0.286 e. The molecule has 2 heterocycles. The zero-order valence-electron chi connectivity index (χ0n) is 19.5. The lowest BCUT2D eigenvalue weighted by Crippen LogP contribution is -2.36. The van der Waals surface area contributed by atoms with E-state index in [2.05, 4.69) is 35.6 Å². The van der Waals surface area contributed by atoms with Gasteiger partial charge in [-0.15, -0.1) is 4.40 Å². The van der Waals surface area contributed by atoms with Crippen LogP contribution in [-0.2, 0) is 22.0 Å². The minimum absolute atomic E-state index is 0.0526. The molecule has 0 radical (unpaired) electrons. The van der Waals surface area contributed by atoms with Crippen LogP contribution in [0.2, 0.25) is 0 Å². The average Bonchev–Trinajstić information content (AvgIpc) is 2.65. The van der Waals surface area contributed by atoms with Gasteiger partial charge in [-0.1, -0.05) is 41.5 Å². The Bertz CT molecular complexity index is 1250. The van der Waals surface area contributed by atoms with Gasteiger partial charge in [-0.05, 0) is 24.0 Å². The van der Waals surface area contributed by atoms with E-state index >= 15 is 0 Å². The number of aryl methyl sites for hydroxylation is 1. The summed E-state index contributed by atoms with van der Waals surface area (Å²) in [4.78, 5) is 13.2. The standard InChI is InChI=1S/C22H30N4O5S/c1-21(2,3)10-11-26-20(28)16(17(27)18(24-26)22(4,5)6)19-23-14-9-8-13(31-7)12-15(14)32(29,30)25-19/h8-9,12,27H,10-11H2,1-7H3,(H,23,25). The van der Waals surface area contributed by atoms with Gasteiger partial charge >= 0.3 is 0 Å². The van der Waals surface area contributed by atoms with Gasteiger partial charge in [0.1, 0.15) is 21.9 Å². The van der Waals surface area contributed by atoms with E-state index in [-0.39, 0.29) is 38.8 Å². The van der Waals surface area contributed by atoms with Crippen LogP contribution in [0.15, 0.2) is 32.3 Å². The summed E-state index contributed by atoms with van der Waals surface area (Å²) in [7, 11) is -2.70. The van der Waals surface area contributed by atoms with Gasteiger partial charge in [-0.2, -0.15) is 13.5 Å². The minimum Gasteiger partial charge on any atom is -0.505 e. The minimum atomic E-state index is -4.14. The van der Waals surface area contributed by atoms with Gasteiger partial charge in [0.05, 0.1) is 12.8 Å². The van der Waals surface area contributed by atoms with Crippen molar-refractivity contribution in [1.29, 1.82) is 0 Å². The maximum absolute atomic E-state index is 13.3. The monoisotopic (exact) mass is 462 g/mol. The lowest BCUT2D eigenvalue weighted by Gasteiger charge is -2.25. The topological polar surface area (TPSA) is 123 Å². The Morgan fingerprint density at radius 2 is 1.81 bits per heavy atom. The molecule has 10 heteroatoms. The lowest BCUT2D eigenvalue weighted by molar-refractivity contribution is 0.328. The summed E-state index contributed by atoms with van der Waals surface area (Å²) in [6, 6.07) is 4.48. The summed E-state index contributed by atoms with van der Waals surface area (Å²) in [5.41, 5.74) is -0.964. The van der Waals surface area contributed by atoms with Crippen molar-refractivity contribution in [3.05, 3.63) is 39.8 Å². The third-order valence-electron chi connectivity index (χ3n) is 5.08. The van der Waals surface area contributed by atoms with Crippen LogP contribution >= 0.6 is 0 Å². The quantitative estimate of drug-likeness (QED) is 0.715. The molecule has 0 atom stereocenters. The molecule has 1 aliphatic heterocycles. The second kappa shape index (κ2) is 7.91. The van der Waals surface area contributed by atoms with Gasteiger partial charge in [0, 0.05) is 18.0 Å². The number of rotatable bonds is 4. The van der Waals surface area contributed by atoms with Crippen LogP contribution in [0.5, 0.6) is 11.5 Å². The zero-order chi connectivity index (χ0) is 24.1. The van der Waals surface area contributed by atoms with Crippen LogP contribution in [-0.4, -0.2) is 36.3 Å². The Balaban J connectivity index is 2.23. The Morgan fingerprint density at radius 1 is 1.16 bits per heavy atom. The third-order valence-corrected chi connectivity index (χ3v) is 6.40. The fourth-order valence-corrected chi connectivity index (χ4v) is 4.39. The van der Waals surface area contributed by atoms with Crippen LogP contribution in [0, 0.1) is 5.41 Å². The Kier molecular flexibility index (Phi) is 5.88. The molecule has 2 N–H and O–H groups in total. The van der Waals surface area contributed by atoms with Gasteiger partial charge in [-0.25, -0.2) is 4.68 Å². The molecule has 0 saturated heterocycles. The van der Waals surface area contributed by atoms with Crippen LogP contribution in [0.1, 0.15) is 59.2 Å². The molecule has 0 amide bonds. The molecule has 2 aromatic rings. The molecule has 1 aromatic heterocycles. The summed E-state index contributed by atoms with van der Waals surface area (Å²) in [5, 5.41) is 18.3. The van der Waals surface area contributed by atoms with E-state index in [0.29, 0.717) is 18.7 Å². The maximum Gasteiger partial charge on any atom is 0.286 e. The van der Waals surface area contributed by atoms with Gasteiger partial charge in [-0.3, -0.25) is 4.79 Å². The number of methoxy groups -OCH3 is 1. The Labute approximate surface area is 188 Å². The van der Waals surface area contributed by atoms with Crippen molar-refractivity contribution in [3.8, 4) is 11.5 Å². The van der Waals surface area contributed by atoms with E-state index < -0.39 is 21.0 Å². The normalized spacial score (nSPS) is 15.5. The summed E-state index contributed by atoms with van der Waals surface area (Å²) in [6.07, 6.45) is 0.661. The number of nitrogens with zero attached hydrogens (tertiary/aromatic N) is 3. The van der Waals surface area contributed by atoms with Crippen molar-refractivity contribution in [1.82, 2.24) is 9.78 Å². The average molecular weight is 463 g/mol. The van der Waals surface area contributed by atoms with Crippen molar-refractivity contribution in [3.63, 3.8) is 0 Å². The number of anilines is 1. The Morgan fingerprint density at radius 3 is 2.38 bits per heavy atom. The maximum atomic E-state index is 13.3. The molecule has 3 rings (SSSR count). The van der Waals surface area contributed by atoms with E-state index in [1.54, 1.807) is 6.07 Å². The predicted molar refractivity (Wildman–Crippen MR) is 123 cm³/mol. The first-order valence-corrected chi connectivity index (χ1v) is 11.7. The van der Waals surface area contributed by atoms with Crippen molar-refractivity contribution in [2.45, 2.75) is 64.8 Å². The molecule has 32 heavy (non-hydrogen) atoms. The third kappa shape index (κ3) is 4.64. The number of benzene rings is 1. The summed E-state index contributed by atoms with van der Waals surface area (Å²) in [5.74, 6) is -0.255. The number of nitrogens with one attached hydrogen (secondary N) is 1. The highest BCUT2D eigenvalue weighted by atomic mass is 32.2. The number of hydrogen-bond acceptors (Lipinski definition) is 7. The van der Waals surface area contributed by atoms with Gasteiger partial charge in [0.15, 0.2) is 11.6 Å². The molecule has 0 bridgehead atoms. The second-order valence-corrected chi connectivity index (χ2v) is 11.6. The summed E-state index contributed by atoms with van der Waals surface area (Å²) < 4.78 is 36.0. The molecule has 174 valence electrons. The van der Waals surface area contributed by atoms with Crippen LogP contribution in [0.4, 0.5) is 5.69 Å². The predicted octanol–water partition coefficient (Wildman–Crippen LogP) is 3.25. The molecule has 0 saturated carbocycles. The van der Waals surface area contributed by atoms with Crippen LogP contribution < -0.4 is 15.6 Å². The van der Waals surface area contributed by atoms with Crippen molar-refractivity contribution in [2.75, 3.05) is 12.4 Å². The van der Waals surface area contributed by atoms with E-state index in [4.69, 9.17) is 4.74 Å². The van der Waals surface area contributed by atoms with Gasteiger partial charge in [0.2, 0.25) is 0 Å². The molecule has 0 unspecified atom stereocenters. The summed E-state index contributed by atoms with van der Waals surface area (Å²) >= 11 is 0. The molecule has 0 spiro atoms. The highest BCUT2D eigenvalue weighted by Gasteiger charge is 2.33. The number of hydrogen-bond donors (Lipinski definition) is 2. The lowest BCUT2D eigenvalue weighted by atomic mass is 9.90. The number of ether oxygens (including phenoxy) is 1. The first kappa shape index (κ1) is 23.8. The van der Waals surface area contributed by atoms with E-state index in [1.807, 2.05) is 20.8 Å². The second-order valence-electron chi connectivity index (χ2n) is 10.1. The first-order valence-electron chi connectivity index (χ1n) is 10.3. The number of aromatic hydroxyl groups is 1. The first-order chi connectivity index (χ1) is 14.6. The molecule has 0 fully saturated rings. The molecule has 0 aliphatic carbocycles. The fraction of sp³-hybridized carbons (Fsp3) is 0.500. The summed E-state index contributed by atoms with van der Waals surface area (Å²) in [6.45, 7) is 12.0. The molecule has 9 nitrogen and oxygen atoms in total. The molecule has 1 aromatic carbocycles. The molecule has 1 aliphatic rings. The largest absolute Gasteiger partial charge is 0.505 e. The SMILES string of the molecule is COc1ccc2c(c1)S(=O)(=O)N=C(c1c(O)c(C(C)(C)C)nn(CCC(C)(C)C)c1=O)N2. The van der Waals surface area contributed by atoms with Crippen LogP contribution in [0.3, 0.4) is 0 Å². The van der Waals surface area contributed by atoms with E-state index in [0.717, 1.165) is 0 Å². The van der Waals surface area contributed by atoms with Gasteiger partial charge in [0.25, 0.3) is 15.6 Å². The van der Waals surface area contributed by atoms with Crippen LogP contribution in [0.25, 0.3) is 0 Å². The van der Waals surface area contributed by atoms with E-state index in [1.165, 1.54) is 23.9 Å². The van der Waals surface area contributed by atoms with Gasteiger partial charge < -0.3 is 15.2 Å². The van der Waals surface area contributed by atoms with Crippen molar-refractivity contribution in [2.24, 2.45) is 9.81 Å². The number of amidine groups is 1. The van der Waals surface area contributed by atoms with Crippen molar-refractivity contribution >= 4 is 21.5 Å². The Hall–Kier alpha value is -2.88. The fourth-order valence-electron chi connectivity index (χ4n) is 3.25. The highest BCUT2D eigenvalue weighted by Crippen LogP contribution is 2.35.